The van der Waals surface area contributed by atoms with Crippen LogP contribution in [-0.2, 0) is 0 Å². The molecule has 0 aliphatic carbocycles. The van der Waals surface area contributed by atoms with Crippen LogP contribution < -0.4 is 5.32 Å². The summed E-state index contributed by atoms with van der Waals surface area (Å²) in [6.45, 7) is 0.0588. The molecule has 0 bridgehead atoms. The molecular formula is C17H16N2O. The molecule has 3 heteroatoms. The second-order valence-corrected chi connectivity index (χ2v) is 5.08. The first-order valence-electron chi connectivity index (χ1n) is 6.75. The van der Waals surface area contributed by atoms with Gasteiger partial charge in [0.15, 0.2) is 0 Å². The van der Waals surface area contributed by atoms with Crippen LogP contribution in [-0.4, -0.2) is 23.8 Å². The van der Waals surface area contributed by atoms with Gasteiger partial charge >= 0.3 is 0 Å². The Labute approximate surface area is 118 Å². The molecule has 0 radical (unpaired) electrons. The van der Waals surface area contributed by atoms with E-state index in [0.717, 1.165) is 11.1 Å². The third kappa shape index (κ3) is 2.20. The molecule has 2 aromatic carbocycles. The largest absolute Gasteiger partial charge is 0.395 e. The lowest BCUT2D eigenvalue weighted by atomic mass is 9.78. The highest BCUT2D eigenvalue weighted by molar-refractivity contribution is 5.63. The Morgan fingerprint density at radius 3 is 2.25 bits per heavy atom. The molecule has 1 heterocycles. The normalized spacial score (nSPS) is 24.7. The SMILES string of the molecule is N#CC1NC(CO)C1c1ccc(-c2ccccc2)cc1. The molecule has 3 nitrogen and oxygen atoms in total. The molecule has 2 aromatic rings. The van der Waals surface area contributed by atoms with E-state index in [0.29, 0.717) is 0 Å². The van der Waals surface area contributed by atoms with E-state index < -0.39 is 0 Å². The summed E-state index contributed by atoms with van der Waals surface area (Å²) < 4.78 is 0. The zero-order chi connectivity index (χ0) is 13.9. The van der Waals surface area contributed by atoms with Crippen molar-refractivity contribution >= 4 is 0 Å². The zero-order valence-corrected chi connectivity index (χ0v) is 11.0. The Bertz CT molecular complexity index is 616. The fourth-order valence-electron chi connectivity index (χ4n) is 2.79. The minimum atomic E-state index is -0.199. The summed E-state index contributed by atoms with van der Waals surface area (Å²) in [6.07, 6.45) is 0. The van der Waals surface area contributed by atoms with Gasteiger partial charge in [-0.15, -0.1) is 0 Å². The quantitative estimate of drug-likeness (QED) is 0.894. The highest BCUT2D eigenvalue weighted by Crippen LogP contribution is 2.32. The van der Waals surface area contributed by atoms with Crippen LogP contribution in [0.25, 0.3) is 11.1 Å². The maximum absolute atomic E-state index is 9.29. The molecule has 100 valence electrons. The number of rotatable bonds is 3. The standard InChI is InChI=1S/C17H16N2O/c18-10-15-17(16(11-20)19-15)14-8-6-13(7-9-14)12-4-2-1-3-5-12/h1-9,15-17,19-20H,11H2. The van der Waals surface area contributed by atoms with Gasteiger partial charge in [0.05, 0.1) is 12.7 Å². The van der Waals surface area contributed by atoms with Crippen molar-refractivity contribution in [1.29, 1.82) is 5.26 Å². The first-order valence-corrected chi connectivity index (χ1v) is 6.75. The van der Waals surface area contributed by atoms with Crippen molar-refractivity contribution < 1.29 is 5.11 Å². The lowest BCUT2D eigenvalue weighted by molar-refractivity contribution is 0.151. The van der Waals surface area contributed by atoms with Crippen LogP contribution in [0.4, 0.5) is 0 Å². The summed E-state index contributed by atoms with van der Waals surface area (Å²) in [5.74, 6) is 0.0785. The molecule has 20 heavy (non-hydrogen) atoms. The molecule has 1 fully saturated rings. The van der Waals surface area contributed by atoms with Gasteiger partial charge in [0.25, 0.3) is 0 Å². The molecule has 0 aromatic heterocycles. The first-order chi connectivity index (χ1) is 9.83. The maximum atomic E-state index is 9.29. The van der Waals surface area contributed by atoms with Gasteiger partial charge in [-0.05, 0) is 16.7 Å². The average molecular weight is 264 g/mol. The Balaban J connectivity index is 1.85. The molecule has 0 amide bonds. The van der Waals surface area contributed by atoms with Gasteiger partial charge in [0.2, 0.25) is 0 Å². The van der Waals surface area contributed by atoms with E-state index in [-0.39, 0.29) is 24.6 Å². The van der Waals surface area contributed by atoms with E-state index in [1.807, 2.05) is 18.2 Å². The van der Waals surface area contributed by atoms with Gasteiger partial charge in [-0.25, -0.2) is 0 Å². The monoisotopic (exact) mass is 264 g/mol. The third-order valence-electron chi connectivity index (χ3n) is 3.92. The molecule has 3 unspecified atom stereocenters. The van der Waals surface area contributed by atoms with Crippen molar-refractivity contribution in [3.05, 3.63) is 60.2 Å². The number of nitriles is 1. The van der Waals surface area contributed by atoms with Gasteiger partial charge in [0.1, 0.15) is 6.04 Å². The molecule has 2 N–H and O–H groups in total. The summed E-state index contributed by atoms with van der Waals surface area (Å²) in [5.41, 5.74) is 3.45. The van der Waals surface area contributed by atoms with Gasteiger partial charge < -0.3 is 5.11 Å². The van der Waals surface area contributed by atoms with E-state index in [2.05, 4.69) is 47.8 Å². The third-order valence-corrected chi connectivity index (χ3v) is 3.92. The summed E-state index contributed by atoms with van der Waals surface area (Å²) >= 11 is 0. The van der Waals surface area contributed by atoms with E-state index >= 15 is 0 Å². The highest BCUT2D eigenvalue weighted by atomic mass is 16.3. The predicted octanol–water partition coefficient (Wildman–Crippen LogP) is 2.29. The van der Waals surface area contributed by atoms with Gasteiger partial charge in [-0.1, -0.05) is 54.6 Å². The Morgan fingerprint density at radius 2 is 1.65 bits per heavy atom. The van der Waals surface area contributed by atoms with E-state index in [9.17, 15) is 5.11 Å². The van der Waals surface area contributed by atoms with Crippen LogP contribution in [0.15, 0.2) is 54.6 Å². The van der Waals surface area contributed by atoms with Crippen LogP contribution in [0.2, 0.25) is 0 Å². The van der Waals surface area contributed by atoms with Crippen LogP contribution in [0.3, 0.4) is 0 Å². The molecule has 3 atom stereocenters. The fraction of sp³-hybridized carbons (Fsp3) is 0.235. The molecular weight excluding hydrogens is 248 g/mol. The zero-order valence-electron chi connectivity index (χ0n) is 11.0. The lowest BCUT2D eigenvalue weighted by Crippen LogP contribution is -2.60. The summed E-state index contributed by atoms with van der Waals surface area (Å²) in [4.78, 5) is 0. The number of nitrogens with zero attached hydrogens (tertiary/aromatic N) is 1. The molecule has 0 saturated carbocycles. The number of hydrogen-bond acceptors (Lipinski definition) is 3. The maximum Gasteiger partial charge on any atom is 0.104 e. The number of aliphatic hydroxyl groups is 1. The number of benzene rings is 2. The van der Waals surface area contributed by atoms with E-state index in [1.165, 1.54) is 5.56 Å². The second-order valence-electron chi connectivity index (χ2n) is 5.08. The number of hydrogen-bond donors (Lipinski definition) is 2. The van der Waals surface area contributed by atoms with Crippen molar-refractivity contribution in [1.82, 2.24) is 5.32 Å². The Morgan fingerprint density at radius 1 is 1.00 bits per heavy atom. The van der Waals surface area contributed by atoms with E-state index in [1.54, 1.807) is 0 Å². The van der Waals surface area contributed by atoms with Crippen molar-refractivity contribution in [3.8, 4) is 17.2 Å². The van der Waals surface area contributed by atoms with Gasteiger partial charge in [0, 0.05) is 12.0 Å². The van der Waals surface area contributed by atoms with Gasteiger partial charge in [-0.2, -0.15) is 5.26 Å². The van der Waals surface area contributed by atoms with Crippen molar-refractivity contribution in [2.75, 3.05) is 6.61 Å². The minimum Gasteiger partial charge on any atom is -0.395 e. The average Bonchev–Trinajstić information content (AvgIpc) is 2.49. The molecule has 1 aliphatic heterocycles. The second kappa shape index (κ2) is 5.46. The molecule has 1 aliphatic rings. The van der Waals surface area contributed by atoms with Crippen molar-refractivity contribution in [2.24, 2.45) is 0 Å². The van der Waals surface area contributed by atoms with Crippen LogP contribution in [0, 0.1) is 11.3 Å². The fourth-order valence-corrected chi connectivity index (χ4v) is 2.79. The van der Waals surface area contributed by atoms with Crippen LogP contribution in [0.1, 0.15) is 11.5 Å². The summed E-state index contributed by atoms with van der Waals surface area (Å²) in [7, 11) is 0. The lowest BCUT2D eigenvalue weighted by Gasteiger charge is -2.41. The highest BCUT2D eigenvalue weighted by Gasteiger charge is 2.40. The Hall–Kier alpha value is -2.15. The minimum absolute atomic E-state index is 0.0118. The van der Waals surface area contributed by atoms with Crippen molar-refractivity contribution in [3.63, 3.8) is 0 Å². The topological polar surface area (TPSA) is 56.0 Å². The number of aliphatic hydroxyl groups excluding tert-OH is 1. The van der Waals surface area contributed by atoms with Crippen LogP contribution >= 0.6 is 0 Å². The summed E-state index contributed by atoms with van der Waals surface area (Å²) in [6, 6.07) is 20.5. The van der Waals surface area contributed by atoms with E-state index in [4.69, 9.17) is 5.26 Å². The van der Waals surface area contributed by atoms with Crippen LogP contribution in [0.5, 0.6) is 0 Å². The summed E-state index contributed by atoms with van der Waals surface area (Å²) in [5, 5.41) is 21.4. The molecule has 1 saturated heterocycles. The first kappa shape index (κ1) is 12.9. The van der Waals surface area contributed by atoms with Gasteiger partial charge in [-0.3, -0.25) is 5.32 Å². The Kier molecular flexibility index (Phi) is 3.51. The molecule has 3 rings (SSSR count). The number of nitrogens with one attached hydrogen (secondary N) is 1. The predicted molar refractivity (Wildman–Crippen MR) is 78.0 cm³/mol. The molecule has 0 spiro atoms. The smallest absolute Gasteiger partial charge is 0.104 e. The van der Waals surface area contributed by atoms with Crippen molar-refractivity contribution in [2.45, 2.75) is 18.0 Å².